The first-order valence-electron chi connectivity index (χ1n) is 6.06. The summed E-state index contributed by atoms with van der Waals surface area (Å²) in [5, 5.41) is 10.9. The lowest BCUT2D eigenvalue weighted by molar-refractivity contribution is -0.385. The molecule has 2 rings (SSSR count). The molecule has 1 heterocycles. The normalized spacial score (nSPS) is 10.3. The van der Waals surface area contributed by atoms with E-state index in [0.29, 0.717) is 17.1 Å². The van der Waals surface area contributed by atoms with Crippen molar-refractivity contribution in [3.8, 4) is 5.75 Å². The first kappa shape index (κ1) is 13.8. The van der Waals surface area contributed by atoms with Gasteiger partial charge in [-0.3, -0.25) is 10.1 Å². The quantitative estimate of drug-likeness (QED) is 0.683. The van der Waals surface area contributed by atoms with Crippen LogP contribution in [0.4, 0.5) is 11.5 Å². The SMILES string of the molecule is Cc1cc(C)c([N+](=O)[O-])cc1OCc1ccc(N)nc1. The highest BCUT2D eigenvalue weighted by Gasteiger charge is 2.14. The van der Waals surface area contributed by atoms with Gasteiger partial charge in [-0.05, 0) is 31.5 Å². The lowest BCUT2D eigenvalue weighted by Gasteiger charge is -2.10. The largest absolute Gasteiger partial charge is 0.488 e. The zero-order valence-corrected chi connectivity index (χ0v) is 11.3. The number of nitro benzene ring substituents is 1. The van der Waals surface area contributed by atoms with Crippen LogP contribution in [0.15, 0.2) is 30.5 Å². The number of pyridine rings is 1. The van der Waals surface area contributed by atoms with Crippen molar-refractivity contribution < 1.29 is 9.66 Å². The predicted molar refractivity (Wildman–Crippen MR) is 75.6 cm³/mol. The number of hydrogen-bond donors (Lipinski definition) is 1. The summed E-state index contributed by atoms with van der Waals surface area (Å²) in [4.78, 5) is 14.5. The second kappa shape index (κ2) is 5.56. The Hall–Kier alpha value is -2.63. The molecule has 0 bridgehead atoms. The van der Waals surface area contributed by atoms with E-state index in [1.165, 1.54) is 6.07 Å². The number of ether oxygens (including phenoxy) is 1. The molecule has 0 unspecified atom stereocenters. The van der Waals surface area contributed by atoms with Gasteiger partial charge in [0.15, 0.2) is 0 Å². The number of anilines is 1. The molecule has 20 heavy (non-hydrogen) atoms. The second-order valence-electron chi connectivity index (χ2n) is 4.54. The molecule has 6 heteroatoms. The highest BCUT2D eigenvalue weighted by atomic mass is 16.6. The molecule has 0 aliphatic rings. The van der Waals surface area contributed by atoms with E-state index in [2.05, 4.69) is 4.98 Å². The van der Waals surface area contributed by atoms with Crippen LogP contribution >= 0.6 is 0 Å². The van der Waals surface area contributed by atoms with Crippen LogP contribution in [-0.2, 0) is 6.61 Å². The molecule has 2 N–H and O–H groups in total. The van der Waals surface area contributed by atoms with Crippen molar-refractivity contribution >= 4 is 11.5 Å². The van der Waals surface area contributed by atoms with E-state index in [1.54, 1.807) is 31.3 Å². The molecule has 0 amide bonds. The maximum atomic E-state index is 10.9. The Bertz CT molecular complexity index is 639. The minimum Gasteiger partial charge on any atom is -0.488 e. The molecule has 0 saturated carbocycles. The monoisotopic (exact) mass is 273 g/mol. The van der Waals surface area contributed by atoms with Crippen molar-refractivity contribution in [2.75, 3.05) is 5.73 Å². The first-order valence-corrected chi connectivity index (χ1v) is 6.06. The van der Waals surface area contributed by atoms with Gasteiger partial charge in [0.1, 0.15) is 18.2 Å². The van der Waals surface area contributed by atoms with Crippen LogP contribution in [0.25, 0.3) is 0 Å². The fraction of sp³-hybridized carbons (Fsp3) is 0.214. The number of rotatable bonds is 4. The Kier molecular flexibility index (Phi) is 3.84. The number of benzene rings is 1. The van der Waals surface area contributed by atoms with Gasteiger partial charge in [-0.15, -0.1) is 0 Å². The second-order valence-corrected chi connectivity index (χ2v) is 4.54. The molecule has 1 aromatic heterocycles. The van der Waals surface area contributed by atoms with Gasteiger partial charge in [0.25, 0.3) is 5.69 Å². The summed E-state index contributed by atoms with van der Waals surface area (Å²) >= 11 is 0. The molecule has 0 radical (unpaired) electrons. The average Bonchev–Trinajstić information content (AvgIpc) is 2.39. The van der Waals surface area contributed by atoms with Crippen LogP contribution in [0.5, 0.6) is 5.75 Å². The van der Waals surface area contributed by atoms with E-state index >= 15 is 0 Å². The summed E-state index contributed by atoms with van der Waals surface area (Å²) < 4.78 is 5.62. The van der Waals surface area contributed by atoms with Gasteiger partial charge < -0.3 is 10.5 Å². The Morgan fingerprint density at radius 3 is 2.65 bits per heavy atom. The topological polar surface area (TPSA) is 91.3 Å². The molecular formula is C14H15N3O3. The van der Waals surface area contributed by atoms with Crippen molar-refractivity contribution in [3.63, 3.8) is 0 Å². The number of nitrogen functional groups attached to an aromatic ring is 1. The molecular weight excluding hydrogens is 258 g/mol. The van der Waals surface area contributed by atoms with Gasteiger partial charge >= 0.3 is 0 Å². The third kappa shape index (κ3) is 3.03. The molecule has 104 valence electrons. The van der Waals surface area contributed by atoms with Crippen LogP contribution in [0, 0.1) is 24.0 Å². The maximum absolute atomic E-state index is 10.9. The van der Waals surface area contributed by atoms with Gasteiger partial charge in [0.05, 0.1) is 11.0 Å². The molecule has 1 aromatic carbocycles. The molecule has 0 saturated heterocycles. The minimum atomic E-state index is -0.410. The maximum Gasteiger partial charge on any atom is 0.276 e. The lowest BCUT2D eigenvalue weighted by atomic mass is 10.1. The number of aryl methyl sites for hydroxylation is 2. The lowest BCUT2D eigenvalue weighted by Crippen LogP contribution is -2.00. The molecule has 0 aliphatic carbocycles. The first-order chi connectivity index (χ1) is 9.47. The number of nitrogens with two attached hydrogens (primary N) is 1. The summed E-state index contributed by atoms with van der Waals surface area (Å²) in [5.74, 6) is 0.940. The minimum absolute atomic E-state index is 0.0565. The highest BCUT2D eigenvalue weighted by Crippen LogP contribution is 2.28. The number of nitro groups is 1. The van der Waals surface area contributed by atoms with Crippen LogP contribution in [0.3, 0.4) is 0 Å². The molecule has 0 atom stereocenters. The molecule has 2 aromatic rings. The van der Waals surface area contributed by atoms with Gasteiger partial charge in [-0.25, -0.2) is 4.98 Å². The summed E-state index contributed by atoms with van der Waals surface area (Å²) in [5.41, 5.74) is 7.88. The van der Waals surface area contributed by atoms with Gasteiger partial charge in [-0.1, -0.05) is 6.07 Å². The zero-order chi connectivity index (χ0) is 14.7. The van der Waals surface area contributed by atoms with Crippen LogP contribution < -0.4 is 10.5 Å². The van der Waals surface area contributed by atoms with Crippen molar-refractivity contribution in [1.29, 1.82) is 0 Å². The van der Waals surface area contributed by atoms with E-state index in [0.717, 1.165) is 11.1 Å². The van der Waals surface area contributed by atoms with Crippen molar-refractivity contribution in [2.45, 2.75) is 20.5 Å². The summed E-state index contributed by atoms with van der Waals surface area (Å²) in [6.45, 7) is 3.85. The van der Waals surface area contributed by atoms with Crippen molar-refractivity contribution in [2.24, 2.45) is 0 Å². The van der Waals surface area contributed by atoms with Crippen molar-refractivity contribution in [3.05, 3.63) is 57.3 Å². The van der Waals surface area contributed by atoms with E-state index in [4.69, 9.17) is 10.5 Å². The number of aromatic nitrogens is 1. The summed E-state index contributed by atoms with van der Waals surface area (Å²) in [7, 11) is 0. The van der Waals surface area contributed by atoms with Crippen LogP contribution in [0.2, 0.25) is 0 Å². The smallest absolute Gasteiger partial charge is 0.276 e. The number of nitrogens with zero attached hydrogens (tertiary/aromatic N) is 2. The van der Waals surface area contributed by atoms with Gasteiger partial charge in [-0.2, -0.15) is 0 Å². The molecule has 0 aliphatic heterocycles. The Balaban J connectivity index is 2.18. The third-order valence-electron chi connectivity index (χ3n) is 2.93. The molecule has 0 spiro atoms. The highest BCUT2D eigenvalue weighted by molar-refractivity contribution is 5.49. The van der Waals surface area contributed by atoms with Crippen LogP contribution in [0.1, 0.15) is 16.7 Å². The van der Waals surface area contributed by atoms with Crippen molar-refractivity contribution in [1.82, 2.24) is 4.98 Å². The molecule has 0 fully saturated rings. The standard InChI is InChI=1S/C14H15N3O3/c1-9-5-10(2)13(6-12(9)17(18)19)20-8-11-3-4-14(15)16-7-11/h3-7H,8H2,1-2H3,(H2,15,16). The average molecular weight is 273 g/mol. The Labute approximate surface area is 116 Å². The van der Waals surface area contributed by atoms with Gasteiger partial charge in [0, 0.05) is 17.3 Å². The van der Waals surface area contributed by atoms with E-state index < -0.39 is 4.92 Å². The fourth-order valence-electron chi connectivity index (χ4n) is 1.86. The summed E-state index contributed by atoms with van der Waals surface area (Å²) in [6.07, 6.45) is 1.62. The van der Waals surface area contributed by atoms with E-state index in [-0.39, 0.29) is 12.3 Å². The van der Waals surface area contributed by atoms with E-state index in [1.807, 2.05) is 6.92 Å². The number of hydrogen-bond acceptors (Lipinski definition) is 5. The molecule has 6 nitrogen and oxygen atoms in total. The third-order valence-corrected chi connectivity index (χ3v) is 2.93. The Morgan fingerprint density at radius 1 is 1.30 bits per heavy atom. The fourth-order valence-corrected chi connectivity index (χ4v) is 1.86. The predicted octanol–water partition coefficient (Wildman–Crippen LogP) is 2.77. The summed E-state index contributed by atoms with van der Waals surface area (Å²) in [6, 6.07) is 6.69. The van der Waals surface area contributed by atoms with Gasteiger partial charge in [0.2, 0.25) is 0 Å². The van der Waals surface area contributed by atoms with E-state index in [9.17, 15) is 10.1 Å². The van der Waals surface area contributed by atoms with Crippen LogP contribution in [-0.4, -0.2) is 9.91 Å². The Morgan fingerprint density at radius 2 is 2.05 bits per heavy atom. The zero-order valence-electron chi connectivity index (χ0n) is 11.3.